The fourth-order valence-electron chi connectivity index (χ4n) is 3.59. The van der Waals surface area contributed by atoms with E-state index in [1.807, 2.05) is 13.8 Å². The molecule has 0 spiro atoms. The maximum atomic E-state index is 5.62. The van der Waals surface area contributed by atoms with E-state index < -0.39 is 0 Å². The Morgan fingerprint density at radius 3 is 2.31 bits per heavy atom. The number of hydrogen-bond donors (Lipinski definition) is 2. The second-order valence-electron chi connectivity index (χ2n) is 7.49. The molecule has 0 saturated carbocycles. The Morgan fingerprint density at radius 2 is 1.69 bits per heavy atom. The molecule has 0 unspecified atom stereocenters. The molecule has 3 rings (SSSR count). The van der Waals surface area contributed by atoms with Gasteiger partial charge in [0.25, 0.3) is 0 Å². The molecule has 0 aliphatic carbocycles. The Labute approximate surface area is 191 Å². The summed E-state index contributed by atoms with van der Waals surface area (Å²) in [6.45, 7) is 8.59. The fourth-order valence-corrected chi connectivity index (χ4v) is 3.59. The average Bonchev–Trinajstić information content (AvgIpc) is 2.88. The molecule has 1 saturated heterocycles. The highest BCUT2D eigenvalue weighted by Gasteiger charge is 2.12. The molecule has 7 heteroatoms. The number of aromatic nitrogens is 1. The van der Waals surface area contributed by atoms with Crippen LogP contribution >= 0.6 is 24.0 Å². The number of guanidine groups is 1. The lowest BCUT2D eigenvalue weighted by Crippen LogP contribution is -2.36. The minimum Gasteiger partial charge on any atom is -0.444 e. The van der Waals surface area contributed by atoms with Gasteiger partial charge in [0, 0.05) is 20.1 Å². The number of aliphatic imine (C=N–C) groups is 1. The van der Waals surface area contributed by atoms with Crippen LogP contribution in [0, 0.1) is 13.8 Å². The zero-order chi connectivity index (χ0) is 19.8. The number of oxazole rings is 1. The van der Waals surface area contributed by atoms with Gasteiger partial charge in [0.1, 0.15) is 5.76 Å². The normalized spacial score (nSPS) is 15.5. The maximum Gasteiger partial charge on any atom is 0.214 e. The van der Waals surface area contributed by atoms with E-state index in [1.165, 1.54) is 49.9 Å². The van der Waals surface area contributed by atoms with Crippen LogP contribution in [-0.4, -0.2) is 36.0 Å². The lowest BCUT2D eigenvalue weighted by Gasteiger charge is -2.22. The monoisotopic (exact) mass is 511 g/mol. The van der Waals surface area contributed by atoms with Crippen molar-refractivity contribution in [1.82, 2.24) is 20.5 Å². The van der Waals surface area contributed by atoms with E-state index in [0.29, 0.717) is 12.4 Å². The third kappa shape index (κ3) is 7.29. The molecule has 0 amide bonds. The standard InChI is InChI=1S/C22H33N5O.HI/c1-17-18(2)28-21(26-17)15-25-22(23-3)24-14-19-10-6-7-11-20(19)16-27-12-8-4-5-9-13-27;/h6-7,10-11H,4-5,8-9,12-16H2,1-3H3,(H2,23,24,25);1H. The van der Waals surface area contributed by atoms with Crippen molar-refractivity contribution in [2.75, 3.05) is 20.1 Å². The van der Waals surface area contributed by atoms with Crippen LogP contribution in [-0.2, 0) is 19.6 Å². The lowest BCUT2D eigenvalue weighted by atomic mass is 10.1. The summed E-state index contributed by atoms with van der Waals surface area (Å²) < 4.78 is 5.62. The Morgan fingerprint density at radius 1 is 1.03 bits per heavy atom. The summed E-state index contributed by atoms with van der Waals surface area (Å²) in [5, 5.41) is 6.70. The zero-order valence-electron chi connectivity index (χ0n) is 17.8. The number of hydrogen-bond acceptors (Lipinski definition) is 4. The molecule has 2 aromatic rings. The van der Waals surface area contributed by atoms with Crippen LogP contribution in [0.1, 0.15) is 54.2 Å². The van der Waals surface area contributed by atoms with Crippen LogP contribution in [0.25, 0.3) is 0 Å². The lowest BCUT2D eigenvalue weighted by molar-refractivity contribution is 0.276. The summed E-state index contributed by atoms with van der Waals surface area (Å²) in [6, 6.07) is 8.69. The van der Waals surface area contributed by atoms with Gasteiger partial charge in [-0.25, -0.2) is 4.98 Å². The molecule has 1 aromatic heterocycles. The molecule has 29 heavy (non-hydrogen) atoms. The van der Waals surface area contributed by atoms with Crippen LogP contribution in [0.15, 0.2) is 33.7 Å². The van der Waals surface area contributed by atoms with E-state index in [9.17, 15) is 0 Å². The molecular formula is C22H34IN5O. The van der Waals surface area contributed by atoms with Gasteiger partial charge in [-0.05, 0) is 50.9 Å². The highest BCUT2D eigenvalue weighted by Crippen LogP contribution is 2.16. The molecule has 0 bridgehead atoms. The average molecular weight is 511 g/mol. The first-order valence-corrected chi connectivity index (χ1v) is 10.3. The molecule has 1 aliphatic rings. The number of benzene rings is 1. The summed E-state index contributed by atoms with van der Waals surface area (Å²) in [7, 11) is 1.78. The second-order valence-corrected chi connectivity index (χ2v) is 7.49. The number of aryl methyl sites for hydroxylation is 2. The molecule has 0 radical (unpaired) electrons. The number of nitrogens with zero attached hydrogens (tertiary/aromatic N) is 3. The Kier molecular flexibility index (Phi) is 9.93. The molecule has 2 heterocycles. The van der Waals surface area contributed by atoms with Gasteiger partial charge in [0.15, 0.2) is 5.96 Å². The molecule has 160 valence electrons. The van der Waals surface area contributed by atoms with Crippen molar-refractivity contribution in [2.24, 2.45) is 4.99 Å². The third-order valence-electron chi connectivity index (χ3n) is 5.36. The van der Waals surface area contributed by atoms with Crippen molar-refractivity contribution in [3.05, 3.63) is 52.7 Å². The number of halogens is 1. The first-order valence-electron chi connectivity index (χ1n) is 10.3. The summed E-state index contributed by atoms with van der Waals surface area (Å²) in [5.74, 6) is 2.29. The van der Waals surface area contributed by atoms with Gasteiger partial charge in [-0.3, -0.25) is 9.89 Å². The van der Waals surface area contributed by atoms with Gasteiger partial charge in [-0.15, -0.1) is 24.0 Å². The third-order valence-corrected chi connectivity index (χ3v) is 5.36. The summed E-state index contributed by atoms with van der Waals surface area (Å²) >= 11 is 0. The van der Waals surface area contributed by atoms with Gasteiger partial charge in [0.05, 0.1) is 12.2 Å². The summed E-state index contributed by atoms with van der Waals surface area (Å²) in [4.78, 5) is 11.3. The minimum atomic E-state index is 0. The molecule has 0 atom stereocenters. The quantitative estimate of drug-likeness (QED) is 0.347. The molecular weight excluding hydrogens is 477 g/mol. The van der Waals surface area contributed by atoms with E-state index in [-0.39, 0.29) is 24.0 Å². The predicted molar refractivity (Wildman–Crippen MR) is 129 cm³/mol. The SMILES string of the molecule is CN=C(NCc1nc(C)c(C)o1)NCc1ccccc1CN1CCCCCC1.I. The van der Waals surface area contributed by atoms with E-state index in [0.717, 1.165) is 30.5 Å². The minimum absolute atomic E-state index is 0. The van der Waals surface area contributed by atoms with Crippen LogP contribution in [0.5, 0.6) is 0 Å². The van der Waals surface area contributed by atoms with Crippen LogP contribution < -0.4 is 10.6 Å². The van der Waals surface area contributed by atoms with Crippen molar-refractivity contribution >= 4 is 29.9 Å². The van der Waals surface area contributed by atoms with E-state index in [1.54, 1.807) is 7.05 Å². The molecule has 1 aliphatic heterocycles. The number of likely N-dealkylation sites (tertiary alicyclic amines) is 1. The second kappa shape index (κ2) is 12.2. The van der Waals surface area contributed by atoms with E-state index in [4.69, 9.17) is 4.42 Å². The van der Waals surface area contributed by atoms with Gasteiger partial charge >= 0.3 is 0 Å². The largest absolute Gasteiger partial charge is 0.444 e. The van der Waals surface area contributed by atoms with Gasteiger partial charge in [0.2, 0.25) is 5.89 Å². The highest BCUT2D eigenvalue weighted by atomic mass is 127. The van der Waals surface area contributed by atoms with E-state index in [2.05, 4.69) is 49.8 Å². The van der Waals surface area contributed by atoms with Crippen LogP contribution in [0.3, 0.4) is 0 Å². The highest BCUT2D eigenvalue weighted by molar-refractivity contribution is 14.0. The Hall–Kier alpha value is -1.61. The van der Waals surface area contributed by atoms with Gasteiger partial charge in [-0.1, -0.05) is 37.1 Å². The van der Waals surface area contributed by atoms with Crippen molar-refractivity contribution in [1.29, 1.82) is 0 Å². The van der Waals surface area contributed by atoms with Crippen molar-refractivity contribution in [3.8, 4) is 0 Å². The maximum absolute atomic E-state index is 5.62. The Balaban J connectivity index is 0.00000300. The van der Waals surface area contributed by atoms with Crippen LogP contribution in [0.4, 0.5) is 0 Å². The summed E-state index contributed by atoms with van der Waals surface area (Å²) in [6.07, 6.45) is 5.37. The number of nitrogens with one attached hydrogen (secondary N) is 2. The molecule has 6 nitrogen and oxygen atoms in total. The van der Waals surface area contributed by atoms with Crippen molar-refractivity contribution in [3.63, 3.8) is 0 Å². The molecule has 1 fully saturated rings. The topological polar surface area (TPSA) is 65.7 Å². The molecule has 2 N–H and O–H groups in total. The predicted octanol–water partition coefficient (Wildman–Crippen LogP) is 4.15. The van der Waals surface area contributed by atoms with E-state index >= 15 is 0 Å². The van der Waals surface area contributed by atoms with Crippen molar-refractivity contribution in [2.45, 2.75) is 59.2 Å². The first-order chi connectivity index (χ1) is 13.7. The smallest absolute Gasteiger partial charge is 0.214 e. The summed E-state index contributed by atoms with van der Waals surface area (Å²) in [5.41, 5.74) is 3.64. The van der Waals surface area contributed by atoms with Gasteiger partial charge < -0.3 is 15.1 Å². The fraction of sp³-hybridized carbons (Fsp3) is 0.545. The zero-order valence-corrected chi connectivity index (χ0v) is 20.2. The van der Waals surface area contributed by atoms with Gasteiger partial charge in [-0.2, -0.15) is 0 Å². The Bertz CT molecular complexity index is 762. The first kappa shape index (κ1) is 23.7. The van der Waals surface area contributed by atoms with Crippen molar-refractivity contribution < 1.29 is 4.42 Å². The molecule has 1 aromatic carbocycles. The number of rotatable bonds is 6. The van der Waals surface area contributed by atoms with Crippen LogP contribution in [0.2, 0.25) is 0 Å².